The highest BCUT2D eigenvalue weighted by Gasteiger charge is 2.08. The topological polar surface area (TPSA) is 94.7 Å². The maximum absolute atomic E-state index is 12.1. The van der Waals surface area contributed by atoms with Crippen LogP contribution in [0, 0.1) is 14.9 Å². The van der Waals surface area contributed by atoms with E-state index >= 15 is 0 Å². The molecule has 0 aliphatic rings. The third kappa shape index (κ3) is 5.58. The van der Waals surface area contributed by atoms with Crippen molar-refractivity contribution in [2.24, 2.45) is 5.10 Å². The minimum Gasteiger partial charge on any atom is -0.507 e. The van der Waals surface area contributed by atoms with Gasteiger partial charge in [0.05, 0.1) is 25.9 Å². The summed E-state index contributed by atoms with van der Waals surface area (Å²) in [6, 6.07) is 19.4. The van der Waals surface area contributed by atoms with Gasteiger partial charge in [0.25, 0.3) is 5.91 Å². The fourth-order valence-electron chi connectivity index (χ4n) is 2.51. The molecule has 0 radical (unpaired) electrons. The van der Waals surface area contributed by atoms with Gasteiger partial charge < -0.3 is 9.84 Å². The number of rotatable bonds is 6. The van der Waals surface area contributed by atoms with Crippen LogP contribution in [0.15, 0.2) is 70.2 Å². The number of phenolic OH excluding ortho intramolecular Hbond substituents is 1. The number of nitriles is 1. The van der Waals surface area contributed by atoms with Crippen LogP contribution in [0.4, 0.5) is 0 Å². The molecule has 0 aromatic heterocycles. The number of halogens is 2. The number of benzene rings is 3. The summed E-state index contributed by atoms with van der Waals surface area (Å²) in [5.41, 5.74) is 4.87. The molecule has 150 valence electrons. The molecule has 0 heterocycles. The highest BCUT2D eigenvalue weighted by atomic mass is 127. The van der Waals surface area contributed by atoms with Gasteiger partial charge in [-0.25, -0.2) is 5.43 Å². The summed E-state index contributed by atoms with van der Waals surface area (Å²) < 4.78 is 7.19. The maximum Gasteiger partial charge on any atom is 0.271 e. The Labute approximate surface area is 195 Å². The molecule has 0 unspecified atom stereocenters. The molecule has 0 aliphatic heterocycles. The SMILES string of the molecule is N#Cc1ccccc1COc1ccc(/C=N\NC(=O)c2ccc(I)c(O)c2)cc1Br. The van der Waals surface area contributed by atoms with Crippen LogP contribution in [0.5, 0.6) is 11.5 Å². The first-order chi connectivity index (χ1) is 14.5. The van der Waals surface area contributed by atoms with Crippen molar-refractivity contribution < 1.29 is 14.6 Å². The molecule has 0 atom stereocenters. The predicted octanol–water partition coefficient (Wildman–Crippen LogP) is 4.97. The number of aromatic hydroxyl groups is 1. The summed E-state index contributed by atoms with van der Waals surface area (Å²) in [5.74, 6) is 0.246. The Kier molecular flexibility index (Phi) is 7.43. The molecular formula is C22H15BrIN3O3. The Balaban J connectivity index is 1.61. The Hall–Kier alpha value is -2.90. The van der Waals surface area contributed by atoms with Crippen LogP contribution in [0.1, 0.15) is 27.0 Å². The van der Waals surface area contributed by atoms with Gasteiger partial charge in [-0.15, -0.1) is 0 Å². The molecule has 0 spiro atoms. The number of amides is 1. The molecule has 0 saturated heterocycles. The second kappa shape index (κ2) is 10.2. The van der Waals surface area contributed by atoms with Crippen LogP contribution in [-0.4, -0.2) is 17.2 Å². The second-order valence-electron chi connectivity index (χ2n) is 6.11. The van der Waals surface area contributed by atoms with E-state index in [0.29, 0.717) is 20.4 Å². The lowest BCUT2D eigenvalue weighted by atomic mass is 10.1. The highest BCUT2D eigenvalue weighted by molar-refractivity contribution is 14.1. The summed E-state index contributed by atoms with van der Waals surface area (Å²) in [5, 5.41) is 22.8. The van der Waals surface area contributed by atoms with Gasteiger partial charge in [0.1, 0.15) is 18.1 Å². The molecule has 8 heteroatoms. The molecule has 3 aromatic rings. The van der Waals surface area contributed by atoms with E-state index < -0.39 is 5.91 Å². The van der Waals surface area contributed by atoms with Crippen LogP contribution in [0.25, 0.3) is 0 Å². The predicted molar refractivity (Wildman–Crippen MR) is 126 cm³/mol. The van der Waals surface area contributed by atoms with E-state index in [1.165, 1.54) is 12.3 Å². The van der Waals surface area contributed by atoms with Crippen LogP contribution in [-0.2, 0) is 6.61 Å². The van der Waals surface area contributed by atoms with E-state index in [4.69, 9.17) is 10.00 Å². The normalized spacial score (nSPS) is 10.6. The van der Waals surface area contributed by atoms with E-state index in [1.807, 2.05) is 40.8 Å². The molecule has 30 heavy (non-hydrogen) atoms. The lowest BCUT2D eigenvalue weighted by Gasteiger charge is -2.10. The van der Waals surface area contributed by atoms with Crippen molar-refractivity contribution in [3.05, 3.63) is 91.0 Å². The summed E-state index contributed by atoms with van der Waals surface area (Å²) in [6.07, 6.45) is 1.50. The molecule has 0 aliphatic carbocycles. The largest absolute Gasteiger partial charge is 0.507 e. The van der Waals surface area contributed by atoms with E-state index in [-0.39, 0.29) is 12.4 Å². The smallest absolute Gasteiger partial charge is 0.271 e. The third-order valence-corrected chi connectivity index (χ3v) is 5.60. The Morgan fingerprint density at radius 3 is 2.77 bits per heavy atom. The van der Waals surface area contributed by atoms with E-state index in [9.17, 15) is 9.90 Å². The first kappa shape index (κ1) is 21.8. The fourth-order valence-corrected chi connectivity index (χ4v) is 3.36. The number of phenols is 1. The lowest BCUT2D eigenvalue weighted by Crippen LogP contribution is -2.17. The number of hydrogen-bond donors (Lipinski definition) is 2. The van der Waals surface area contributed by atoms with Crippen molar-refractivity contribution in [3.8, 4) is 17.6 Å². The fraction of sp³-hybridized carbons (Fsp3) is 0.0455. The summed E-state index contributed by atoms with van der Waals surface area (Å²) in [4.78, 5) is 12.1. The zero-order valence-corrected chi connectivity index (χ0v) is 19.2. The van der Waals surface area contributed by atoms with Crippen molar-refractivity contribution in [1.29, 1.82) is 5.26 Å². The van der Waals surface area contributed by atoms with Gasteiger partial charge in [-0.2, -0.15) is 10.4 Å². The molecule has 3 rings (SSSR count). The molecule has 0 saturated carbocycles. The van der Waals surface area contributed by atoms with Gasteiger partial charge in [0.2, 0.25) is 0 Å². The monoisotopic (exact) mass is 575 g/mol. The Morgan fingerprint density at radius 2 is 2.03 bits per heavy atom. The van der Waals surface area contributed by atoms with E-state index in [0.717, 1.165) is 15.6 Å². The van der Waals surface area contributed by atoms with Crippen LogP contribution < -0.4 is 10.2 Å². The van der Waals surface area contributed by atoms with Gasteiger partial charge in [-0.3, -0.25) is 4.79 Å². The molecule has 2 N–H and O–H groups in total. The molecule has 0 fully saturated rings. The number of hydrogen-bond acceptors (Lipinski definition) is 5. The number of nitrogens with one attached hydrogen (secondary N) is 1. The molecule has 3 aromatic carbocycles. The van der Waals surface area contributed by atoms with Crippen LogP contribution in [0.3, 0.4) is 0 Å². The zero-order valence-electron chi connectivity index (χ0n) is 15.5. The lowest BCUT2D eigenvalue weighted by molar-refractivity contribution is 0.0954. The highest BCUT2D eigenvalue weighted by Crippen LogP contribution is 2.27. The van der Waals surface area contributed by atoms with Gasteiger partial charge in [0.15, 0.2) is 0 Å². The van der Waals surface area contributed by atoms with Crippen LogP contribution in [0.2, 0.25) is 0 Å². The van der Waals surface area contributed by atoms with E-state index in [1.54, 1.807) is 36.4 Å². The minimum atomic E-state index is -0.423. The second-order valence-corrected chi connectivity index (χ2v) is 8.13. The summed E-state index contributed by atoms with van der Waals surface area (Å²) in [6.45, 7) is 0.273. The first-order valence-corrected chi connectivity index (χ1v) is 10.6. The van der Waals surface area contributed by atoms with Crippen molar-refractivity contribution in [2.75, 3.05) is 0 Å². The van der Waals surface area contributed by atoms with Crippen molar-refractivity contribution in [2.45, 2.75) is 6.61 Å². The van der Waals surface area contributed by atoms with Gasteiger partial charge >= 0.3 is 0 Å². The molecule has 1 amide bonds. The standard InChI is InChI=1S/C22H15BrIN3O3/c23-18-9-14(12-26-27-22(29)15-6-7-19(24)20(28)10-15)5-8-21(18)30-13-17-4-2-1-3-16(17)11-25/h1-10,12,28H,13H2,(H,27,29)/b26-12-. The number of ether oxygens (including phenoxy) is 1. The first-order valence-electron chi connectivity index (χ1n) is 8.70. The van der Waals surface area contributed by atoms with Crippen molar-refractivity contribution >= 4 is 50.6 Å². The Bertz CT molecular complexity index is 1160. The third-order valence-electron chi connectivity index (χ3n) is 4.06. The average Bonchev–Trinajstić information content (AvgIpc) is 2.75. The van der Waals surface area contributed by atoms with Crippen molar-refractivity contribution in [3.63, 3.8) is 0 Å². The number of carbonyl (C=O) groups is 1. The van der Waals surface area contributed by atoms with E-state index in [2.05, 4.69) is 32.5 Å². The minimum absolute atomic E-state index is 0.0455. The van der Waals surface area contributed by atoms with Gasteiger partial charge in [0, 0.05) is 11.1 Å². The molecule has 6 nitrogen and oxygen atoms in total. The van der Waals surface area contributed by atoms with Crippen molar-refractivity contribution in [1.82, 2.24) is 5.43 Å². The van der Waals surface area contributed by atoms with Gasteiger partial charge in [-0.1, -0.05) is 18.2 Å². The molecular weight excluding hydrogens is 561 g/mol. The van der Waals surface area contributed by atoms with Gasteiger partial charge in [-0.05, 0) is 86.5 Å². The number of carbonyl (C=O) groups excluding carboxylic acids is 1. The maximum atomic E-state index is 12.1. The summed E-state index contributed by atoms with van der Waals surface area (Å²) >= 11 is 5.44. The number of hydrazone groups is 1. The quantitative estimate of drug-likeness (QED) is 0.246. The molecule has 0 bridgehead atoms. The van der Waals surface area contributed by atoms with Crippen LogP contribution >= 0.6 is 38.5 Å². The number of nitrogens with zero attached hydrogens (tertiary/aromatic N) is 2. The zero-order chi connectivity index (χ0) is 21.5. The Morgan fingerprint density at radius 1 is 1.23 bits per heavy atom. The average molecular weight is 576 g/mol. The summed E-state index contributed by atoms with van der Waals surface area (Å²) in [7, 11) is 0.